The van der Waals surface area contributed by atoms with Gasteiger partial charge in [0.25, 0.3) is 0 Å². The molecule has 2 aromatic heterocycles. The number of hydrogen-bond donors (Lipinski definition) is 2. The Morgan fingerprint density at radius 3 is 3.07 bits per heavy atom. The van der Waals surface area contributed by atoms with Gasteiger partial charge < -0.3 is 10.6 Å². The largest absolute Gasteiger partial charge is 0.352 e. The molecular formula is C9H12BrN5. The lowest BCUT2D eigenvalue weighted by atomic mass is 10.5. The van der Waals surface area contributed by atoms with Gasteiger partial charge in [-0.25, -0.2) is 4.52 Å². The average Bonchev–Trinajstić information content (AvgIpc) is 2.60. The minimum absolute atomic E-state index is 0.656. The lowest BCUT2D eigenvalue weighted by Crippen LogP contribution is -2.18. The first-order chi connectivity index (χ1) is 7.29. The lowest BCUT2D eigenvalue weighted by Gasteiger charge is -1.98. The van der Waals surface area contributed by atoms with E-state index in [-0.39, 0.29) is 0 Å². The smallest absolute Gasteiger partial charge is 0.243 e. The maximum atomic E-state index is 4.32. The lowest BCUT2D eigenvalue weighted by molar-refractivity contribution is 0.816. The first kappa shape index (κ1) is 10.4. The normalized spacial score (nSPS) is 10.8. The van der Waals surface area contributed by atoms with Crippen molar-refractivity contribution in [2.45, 2.75) is 0 Å². The molecule has 0 bridgehead atoms. The highest BCUT2D eigenvalue weighted by Crippen LogP contribution is 2.11. The zero-order chi connectivity index (χ0) is 10.7. The number of fused-ring (bicyclic) bond motifs is 1. The van der Waals surface area contributed by atoms with E-state index in [9.17, 15) is 0 Å². The fraction of sp³-hybridized carbons (Fsp3) is 0.333. The molecule has 2 N–H and O–H groups in total. The van der Waals surface area contributed by atoms with Crippen LogP contribution >= 0.6 is 15.9 Å². The van der Waals surface area contributed by atoms with Crippen molar-refractivity contribution in [3.8, 4) is 0 Å². The number of aromatic nitrogens is 3. The van der Waals surface area contributed by atoms with Gasteiger partial charge in [0.1, 0.15) is 0 Å². The predicted molar refractivity (Wildman–Crippen MR) is 63.1 cm³/mol. The fourth-order valence-electron chi connectivity index (χ4n) is 1.23. The molecule has 0 saturated carbocycles. The molecule has 0 saturated heterocycles. The Bertz CT molecular complexity index is 453. The number of likely N-dealkylation sites (N-methyl/N-ethyl adjacent to an activating group) is 1. The SMILES string of the molecule is CNCCNc1nc2ccc(Br)cn2n1. The Labute approximate surface area is 96.0 Å². The van der Waals surface area contributed by atoms with Crippen molar-refractivity contribution in [1.29, 1.82) is 0 Å². The molecule has 15 heavy (non-hydrogen) atoms. The van der Waals surface area contributed by atoms with Crippen LogP contribution in [0, 0.1) is 0 Å². The molecule has 0 amide bonds. The first-order valence-corrected chi connectivity index (χ1v) is 5.49. The van der Waals surface area contributed by atoms with Crippen molar-refractivity contribution in [1.82, 2.24) is 19.9 Å². The molecule has 0 atom stereocenters. The van der Waals surface area contributed by atoms with Crippen LogP contribution < -0.4 is 10.6 Å². The van der Waals surface area contributed by atoms with Gasteiger partial charge in [-0.3, -0.25) is 0 Å². The average molecular weight is 270 g/mol. The van der Waals surface area contributed by atoms with Gasteiger partial charge in [0.05, 0.1) is 0 Å². The van der Waals surface area contributed by atoms with Crippen molar-refractivity contribution in [2.75, 3.05) is 25.5 Å². The van der Waals surface area contributed by atoms with E-state index < -0.39 is 0 Å². The zero-order valence-electron chi connectivity index (χ0n) is 8.37. The second-order valence-electron chi connectivity index (χ2n) is 3.12. The number of halogens is 1. The van der Waals surface area contributed by atoms with Gasteiger partial charge in [-0.05, 0) is 35.1 Å². The summed E-state index contributed by atoms with van der Waals surface area (Å²) in [6, 6.07) is 3.86. The molecule has 6 heteroatoms. The van der Waals surface area contributed by atoms with Crippen LogP contribution in [0.3, 0.4) is 0 Å². The third-order valence-electron chi connectivity index (χ3n) is 1.95. The van der Waals surface area contributed by atoms with Gasteiger partial charge in [0, 0.05) is 23.8 Å². The third kappa shape index (κ3) is 2.45. The molecule has 0 radical (unpaired) electrons. The summed E-state index contributed by atoms with van der Waals surface area (Å²) < 4.78 is 2.73. The highest BCUT2D eigenvalue weighted by atomic mass is 79.9. The second kappa shape index (κ2) is 4.59. The van der Waals surface area contributed by atoms with E-state index >= 15 is 0 Å². The summed E-state index contributed by atoms with van der Waals surface area (Å²) in [5.74, 6) is 0.656. The number of pyridine rings is 1. The monoisotopic (exact) mass is 269 g/mol. The second-order valence-corrected chi connectivity index (χ2v) is 4.03. The topological polar surface area (TPSA) is 54.2 Å². The summed E-state index contributed by atoms with van der Waals surface area (Å²) >= 11 is 3.39. The summed E-state index contributed by atoms with van der Waals surface area (Å²) in [5.41, 5.74) is 0.838. The molecule has 0 spiro atoms. The van der Waals surface area contributed by atoms with Gasteiger partial charge >= 0.3 is 0 Å². The van der Waals surface area contributed by atoms with E-state index in [1.54, 1.807) is 4.52 Å². The Hall–Kier alpha value is -1.14. The molecule has 2 aromatic rings. The van der Waals surface area contributed by atoms with E-state index in [1.807, 2.05) is 25.4 Å². The van der Waals surface area contributed by atoms with Crippen molar-refractivity contribution < 1.29 is 0 Å². The van der Waals surface area contributed by atoms with Crippen molar-refractivity contribution >= 4 is 27.5 Å². The maximum absolute atomic E-state index is 4.32. The van der Waals surface area contributed by atoms with Crippen LogP contribution in [0.1, 0.15) is 0 Å². The molecule has 80 valence electrons. The van der Waals surface area contributed by atoms with Crippen molar-refractivity contribution in [2.24, 2.45) is 0 Å². The zero-order valence-corrected chi connectivity index (χ0v) is 9.95. The maximum Gasteiger partial charge on any atom is 0.243 e. The van der Waals surface area contributed by atoms with Gasteiger partial charge in [-0.2, -0.15) is 4.98 Å². The molecule has 0 unspecified atom stereocenters. The molecule has 0 aliphatic rings. The van der Waals surface area contributed by atoms with Crippen LogP contribution in [0.15, 0.2) is 22.8 Å². The quantitative estimate of drug-likeness (QED) is 0.817. The molecule has 2 heterocycles. The minimum atomic E-state index is 0.656. The van der Waals surface area contributed by atoms with Gasteiger partial charge in [0.2, 0.25) is 5.95 Å². The van der Waals surface area contributed by atoms with E-state index in [4.69, 9.17) is 0 Å². The highest BCUT2D eigenvalue weighted by molar-refractivity contribution is 9.10. The van der Waals surface area contributed by atoms with Gasteiger partial charge in [0.15, 0.2) is 5.65 Å². The number of nitrogens with zero attached hydrogens (tertiary/aromatic N) is 3. The van der Waals surface area contributed by atoms with Crippen molar-refractivity contribution in [3.05, 3.63) is 22.8 Å². The van der Waals surface area contributed by atoms with Gasteiger partial charge in [-0.15, -0.1) is 5.10 Å². The minimum Gasteiger partial charge on any atom is -0.352 e. The Balaban J connectivity index is 2.16. The molecule has 0 fully saturated rings. The highest BCUT2D eigenvalue weighted by Gasteiger charge is 2.01. The van der Waals surface area contributed by atoms with E-state index in [0.717, 1.165) is 23.2 Å². The summed E-state index contributed by atoms with van der Waals surface area (Å²) in [6.07, 6.45) is 1.88. The molecule has 0 aliphatic heterocycles. The van der Waals surface area contributed by atoms with Crippen LogP contribution in [0.5, 0.6) is 0 Å². The van der Waals surface area contributed by atoms with E-state index in [0.29, 0.717) is 5.95 Å². The number of hydrogen-bond acceptors (Lipinski definition) is 4. The predicted octanol–water partition coefficient (Wildman–Crippen LogP) is 1.12. The fourth-order valence-corrected chi connectivity index (χ4v) is 1.56. The van der Waals surface area contributed by atoms with Crippen LogP contribution in [0.25, 0.3) is 5.65 Å². The van der Waals surface area contributed by atoms with Crippen LogP contribution in [0.2, 0.25) is 0 Å². The van der Waals surface area contributed by atoms with E-state index in [2.05, 4.69) is 36.6 Å². The molecular weight excluding hydrogens is 258 g/mol. The molecule has 5 nitrogen and oxygen atoms in total. The number of anilines is 1. The summed E-state index contributed by atoms with van der Waals surface area (Å²) in [5, 5.41) is 10.5. The standard InChI is InChI=1S/C9H12BrN5/c1-11-4-5-12-9-13-8-3-2-7(10)6-15(8)14-9/h2-3,6,11H,4-5H2,1H3,(H,12,14). The Morgan fingerprint density at radius 2 is 2.27 bits per heavy atom. The summed E-state index contributed by atoms with van der Waals surface area (Å²) in [7, 11) is 1.91. The van der Waals surface area contributed by atoms with Gasteiger partial charge in [-0.1, -0.05) is 0 Å². The molecule has 0 aromatic carbocycles. The Morgan fingerprint density at radius 1 is 1.40 bits per heavy atom. The first-order valence-electron chi connectivity index (χ1n) is 4.70. The molecule has 0 aliphatic carbocycles. The Kier molecular flexibility index (Phi) is 3.17. The third-order valence-corrected chi connectivity index (χ3v) is 2.42. The van der Waals surface area contributed by atoms with Crippen LogP contribution in [0.4, 0.5) is 5.95 Å². The summed E-state index contributed by atoms with van der Waals surface area (Å²) in [6.45, 7) is 1.70. The molecule has 2 rings (SSSR count). The van der Waals surface area contributed by atoms with Crippen LogP contribution in [-0.4, -0.2) is 34.7 Å². The number of rotatable bonds is 4. The van der Waals surface area contributed by atoms with Crippen LogP contribution in [-0.2, 0) is 0 Å². The van der Waals surface area contributed by atoms with Crippen molar-refractivity contribution in [3.63, 3.8) is 0 Å². The van der Waals surface area contributed by atoms with E-state index in [1.165, 1.54) is 0 Å². The summed E-state index contributed by atoms with van der Waals surface area (Å²) in [4.78, 5) is 4.32. The number of nitrogens with one attached hydrogen (secondary N) is 2.